The average Bonchev–Trinajstić information content (AvgIpc) is 2.37. The first-order valence-electron chi connectivity index (χ1n) is 6.79. The van der Waals surface area contributed by atoms with Crippen LogP contribution in [0, 0.1) is 0 Å². The Labute approximate surface area is 110 Å². The molecule has 0 radical (unpaired) electrons. The van der Waals surface area contributed by atoms with Gasteiger partial charge in [0.2, 0.25) is 5.91 Å². The summed E-state index contributed by atoms with van der Waals surface area (Å²) in [5, 5.41) is 3.07. The van der Waals surface area contributed by atoms with E-state index < -0.39 is 0 Å². The van der Waals surface area contributed by atoms with E-state index in [1.807, 2.05) is 11.9 Å². The molecular formula is C14H26N2O2. The minimum Gasteiger partial charge on any atom is -0.383 e. The maximum absolute atomic E-state index is 11.8. The molecule has 1 unspecified atom stereocenters. The molecule has 1 rings (SSSR count). The zero-order valence-electron chi connectivity index (χ0n) is 11.9. The van der Waals surface area contributed by atoms with E-state index in [1.165, 1.54) is 18.4 Å². The van der Waals surface area contributed by atoms with E-state index in [-0.39, 0.29) is 11.9 Å². The molecule has 1 aliphatic carbocycles. The van der Waals surface area contributed by atoms with Crippen LogP contribution in [0.4, 0.5) is 0 Å². The van der Waals surface area contributed by atoms with Crippen LogP contribution in [-0.4, -0.2) is 50.7 Å². The van der Waals surface area contributed by atoms with E-state index >= 15 is 0 Å². The zero-order chi connectivity index (χ0) is 13.4. The molecule has 0 aromatic heterocycles. The number of methoxy groups -OCH3 is 1. The van der Waals surface area contributed by atoms with E-state index in [0.717, 1.165) is 19.4 Å². The number of likely N-dealkylation sites (N-methyl/N-ethyl adjacent to an activating group) is 1. The predicted octanol–water partition coefficient (Wildman–Crippen LogP) is 1.57. The van der Waals surface area contributed by atoms with Crippen molar-refractivity contribution in [3.05, 3.63) is 11.6 Å². The van der Waals surface area contributed by atoms with Crippen molar-refractivity contribution in [3.8, 4) is 0 Å². The van der Waals surface area contributed by atoms with Crippen molar-refractivity contribution in [3.63, 3.8) is 0 Å². The van der Waals surface area contributed by atoms with Crippen molar-refractivity contribution in [1.29, 1.82) is 0 Å². The normalized spacial score (nSPS) is 17.4. The van der Waals surface area contributed by atoms with Gasteiger partial charge in [-0.2, -0.15) is 0 Å². The van der Waals surface area contributed by atoms with Gasteiger partial charge in [0.15, 0.2) is 0 Å². The average molecular weight is 254 g/mol. The summed E-state index contributed by atoms with van der Waals surface area (Å²) in [5.41, 5.74) is 1.38. The monoisotopic (exact) mass is 254 g/mol. The van der Waals surface area contributed by atoms with E-state index in [0.29, 0.717) is 13.2 Å². The van der Waals surface area contributed by atoms with E-state index in [9.17, 15) is 4.79 Å². The Morgan fingerprint density at radius 3 is 2.94 bits per heavy atom. The molecule has 1 amide bonds. The highest BCUT2D eigenvalue weighted by Gasteiger charge is 2.14. The van der Waals surface area contributed by atoms with Crippen molar-refractivity contribution >= 4 is 5.91 Å². The first-order chi connectivity index (χ1) is 8.63. The van der Waals surface area contributed by atoms with Crippen molar-refractivity contribution in [2.24, 2.45) is 0 Å². The summed E-state index contributed by atoms with van der Waals surface area (Å²) in [6.07, 6.45) is 7.09. The lowest BCUT2D eigenvalue weighted by Gasteiger charge is -2.22. The number of nitrogens with zero attached hydrogens (tertiary/aromatic N) is 1. The number of allylic oxidation sites excluding steroid dienone is 1. The predicted molar refractivity (Wildman–Crippen MR) is 73.5 cm³/mol. The highest BCUT2D eigenvalue weighted by Crippen LogP contribution is 2.19. The number of carbonyl (C=O) groups is 1. The highest BCUT2D eigenvalue weighted by atomic mass is 16.5. The lowest BCUT2D eigenvalue weighted by Crippen LogP contribution is -2.41. The van der Waals surface area contributed by atoms with Crippen molar-refractivity contribution in [1.82, 2.24) is 10.2 Å². The van der Waals surface area contributed by atoms with Gasteiger partial charge in [-0.05, 0) is 39.7 Å². The molecule has 4 heteroatoms. The largest absolute Gasteiger partial charge is 0.383 e. The molecule has 0 bridgehead atoms. The second-order valence-electron chi connectivity index (χ2n) is 5.04. The number of hydrogen-bond acceptors (Lipinski definition) is 3. The maximum Gasteiger partial charge on any atom is 0.234 e. The quantitative estimate of drug-likeness (QED) is 0.701. The van der Waals surface area contributed by atoms with Gasteiger partial charge >= 0.3 is 0 Å². The molecule has 0 saturated heterocycles. The van der Waals surface area contributed by atoms with Crippen molar-refractivity contribution < 1.29 is 9.53 Å². The topological polar surface area (TPSA) is 41.6 Å². The number of ether oxygens (including phenoxy) is 1. The summed E-state index contributed by atoms with van der Waals surface area (Å²) >= 11 is 0. The van der Waals surface area contributed by atoms with Crippen molar-refractivity contribution in [2.45, 2.75) is 38.6 Å². The van der Waals surface area contributed by atoms with Gasteiger partial charge in [0, 0.05) is 19.7 Å². The number of amides is 1. The number of rotatable bonds is 7. The van der Waals surface area contributed by atoms with Gasteiger partial charge < -0.3 is 10.1 Å². The van der Waals surface area contributed by atoms with Crippen LogP contribution in [-0.2, 0) is 9.53 Å². The summed E-state index contributed by atoms with van der Waals surface area (Å²) in [4.78, 5) is 13.8. The van der Waals surface area contributed by atoms with Gasteiger partial charge in [-0.15, -0.1) is 0 Å². The molecule has 0 heterocycles. The van der Waals surface area contributed by atoms with Crippen LogP contribution in [0.5, 0.6) is 0 Å². The molecule has 0 spiro atoms. The van der Waals surface area contributed by atoms with Crippen LogP contribution in [0.25, 0.3) is 0 Å². The Morgan fingerprint density at radius 2 is 2.33 bits per heavy atom. The van der Waals surface area contributed by atoms with Crippen molar-refractivity contribution in [2.75, 3.05) is 33.9 Å². The molecule has 0 saturated carbocycles. The Hall–Kier alpha value is -0.870. The van der Waals surface area contributed by atoms with Gasteiger partial charge in [-0.3, -0.25) is 9.69 Å². The fraction of sp³-hybridized carbons (Fsp3) is 0.786. The van der Waals surface area contributed by atoms with Crippen LogP contribution in [0.1, 0.15) is 32.6 Å². The standard InChI is InChI=1S/C14H26N2O2/c1-12(13-7-5-4-6-8-13)15-14(17)11-16(2)9-10-18-3/h7,12H,4-6,8-11H2,1-3H3,(H,15,17). The molecule has 1 atom stereocenters. The third-order valence-electron chi connectivity index (χ3n) is 3.35. The molecule has 0 fully saturated rings. The molecule has 0 aliphatic heterocycles. The molecule has 1 N–H and O–H groups in total. The lowest BCUT2D eigenvalue weighted by molar-refractivity contribution is -0.122. The Kier molecular flexibility index (Phi) is 6.98. The van der Waals surface area contributed by atoms with Gasteiger partial charge in [-0.1, -0.05) is 11.6 Å². The summed E-state index contributed by atoms with van der Waals surface area (Å²) in [6.45, 7) is 3.94. The number of nitrogens with one attached hydrogen (secondary N) is 1. The van der Waals surface area contributed by atoms with Gasteiger partial charge in [0.05, 0.1) is 13.2 Å². The Bertz CT molecular complexity index is 290. The molecule has 1 aliphatic rings. The smallest absolute Gasteiger partial charge is 0.234 e. The lowest BCUT2D eigenvalue weighted by atomic mass is 9.95. The first-order valence-corrected chi connectivity index (χ1v) is 6.79. The fourth-order valence-corrected chi connectivity index (χ4v) is 2.21. The minimum atomic E-state index is 0.0903. The summed E-state index contributed by atoms with van der Waals surface area (Å²) < 4.78 is 4.99. The SMILES string of the molecule is COCCN(C)CC(=O)NC(C)C1=CCCCC1. The van der Waals surface area contributed by atoms with E-state index in [2.05, 4.69) is 18.3 Å². The van der Waals surface area contributed by atoms with Crippen LogP contribution in [0.2, 0.25) is 0 Å². The molecule has 4 nitrogen and oxygen atoms in total. The third-order valence-corrected chi connectivity index (χ3v) is 3.35. The molecule has 0 aromatic carbocycles. The second-order valence-corrected chi connectivity index (χ2v) is 5.04. The highest BCUT2D eigenvalue weighted by molar-refractivity contribution is 5.78. The van der Waals surface area contributed by atoms with Crippen LogP contribution < -0.4 is 5.32 Å². The molecule has 0 aromatic rings. The van der Waals surface area contributed by atoms with Gasteiger partial charge in [-0.25, -0.2) is 0 Å². The van der Waals surface area contributed by atoms with E-state index in [4.69, 9.17) is 4.74 Å². The Balaban J connectivity index is 2.28. The second kappa shape index (κ2) is 8.27. The van der Waals surface area contributed by atoms with E-state index in [1.54, 1.807) is 7.11 Å². The Morgan fingerprint density at radius 1 is 1.56 bits per heavy atom. The molecular weight excluding hydrogens is 228 g/mol. The van der Waals surface area contributed by atoms with Gasteiger partial charge in [0.25, 0.3) is 0 Å². The van der Waals surface area contributed by atoms with Crippen LogP contribution in [0.15, 0.2) is 11.6 Å². The third kappa shape index (κ3) is 5.65. The van der Waals surface area contributed by atoms with Crippen LogP contribution >= 0.6 is 0 Å². The first kappa shape index (κ1) is 15.2. The fourth-order valence-electron chi connectivity index (χ4n) is 2.21. The summed E-state index contributed by atoms with van der Waals surface area (Å²) in [7, 11) is 3.61. The molecule has 18 heavy (non-hydrogen) atoms. The number of carbonyl (C=O) groups excluding carboxylic acids is 1. The summed E-state index contributed by atoms with van der Waals surface area (Å²) in [5.74, 6) is 0.0903. The number of hydrogen-bond donors (Lipinski definition) is 1. The summed E-state index contributed by atoms with van der Waals surface area (Å²) in [6, 6.07) is 0.175. The minimum absolute atomic E-state index is 0.0903. The molecule has 104 valence electrons. The van der Waals surface area contributed by atoms with Crippen LogP contribution in [0.3, 0.4) is 0 Å². The zero-order valence-corrected chi connectivity index (χ0v) is 11.9. The maximum atomic E-state index is 11.8. The van der Waals surface area contributed by atoms with Gasteiger partial charge in [0.1, 0.15) is 0 Å².